The normalized spacial score (nSPS) is 15.8. The van der Waals surface area contributed by atoms with Crippen LogP contribution >= 0.6 is 18.0 Å². The summed E-state index contributed by atoms with van der Waals surface area (Å²) in [6.45, 7) is 6.43. The summed E-state index contributed by atoms with van der Waals surface area (Å²) >= 11 is 1.49. The molecular weight excluding hydrogens is 215 g/mol. The lowest BCUT2D eigenvalue weighted by Crippen LogP contribution is -1.96. The first-order valence-corrected chi connectivity index (χ1v) is 9.01. The Morgan fingerprint density at radius 1 is 1.43 bits per heavy atom. The van der Waals surface area contributed by atoms with Crippen molar-refractivity contribution in [3.05, 3.63) is 0 Å². The summed E-state index contributed by atoms with van der Waals surface area (Å²) in [7, 11) is 0. The first kappa shape index (κ1) is 14.5. The summed E-state index contributed by atoms with van der Waals surface area (Å²) in [4.78, 5) is 0. The van der Waals surface area contributed by atoms with Gasteiger partial charge in [-0.1, -0.05) is 38.6 Å². The standard InChI is InChI=1S/C10H23O2PS/c1-5-6-9-14-13(4,11)12-8-7-10(2)3/h10H,5-9H2,1-4H3. The Kier molecular flexibility index (Phi) is 8.08. The highest BCUT2D eigenvalue weighted by molar-refractivity contribution is 8.56. The molecule has 0 fully saturated rings. The number of hydrogen-bond donors (Lipinski definition) is 0. The van der Waals surface area contributed by atoms with Crippen LogP contribution in [0.3, 0.4) is 0 Å². The van der Waals surface area contributed by atoms with Crippen molar-refractivity contribution in [2.24, 2.45) is 5.92 Å². The van der Waals surface area contributed by atoms with E-state index >= 15 is 0 Å². The van der Waals surface area contributed by atoms with Crippen molar-refractivity contribution in [2.45, 2.75) is 40.0 Å². The van der Waals surface area contributed by atoms with Crippen LogP contribution in [-0.2, 0) is 9.09 Å². The molecule has 0 rings (SSSR count). The molecule has 0 aliphatic carbocycles. The molecule has 0 aromatic heterocycles. The zero-order chi connectivity index (χ0) is 11.0. The lowest BCUT2D eigenvalue weighted by Gasteiger charge is -2.13. The molecule has 0 amide bonds. The quantitative estimate of drug-likeness (QED) is 0.463. The Morgan fingerprint density at radius 3 is 2.57 bits per heavy atom. The third kappa shape index (κ3) is 9.11. The van der Waals surface area contributed by atoms with E-state index < -0.39 is 6.57 Å². The number of hydrogen-bond acceptors (Lipinski definition) is 3. The molecular formula is C10H23O2PS. The molecule has 0 heterocycles. The third-order valence-corrected chi connectivity index (χ3v) is 5.71. The van der Waals surface area contributed by atoms with Crippen LogP contribution in [-0.4, -0.2) is 19.0 Å². The maximum absolute atomic E-state index is 11.8. The van der Waals surface area contributed by atoms with Gasteiger partial charge >= 0.3 is 0 Å². The molecule has 0 aromatic carbocycles. The minimum Gasteiger partial charge on any atom is -0.321 e. The van der Waals surface area contributed by atoms with Gasteiger partial charge in [0.2, 0.25) is 0 Å². The van der Waals surface area contributed by atoms with Gasteiger partial charge in [-0.05, 0) is 18.8 Å². The van der Waals surface area contributed by atoms with Gasteiger partial charge in [0.1, 0.15) is 0 Å². The van der Waals surface area contributed by atoms with Gasteiger partial charge in [0, 0.05) is 12.4 Å². The van der Waals surface area contributed by atoms with Crippen molar-refractivity contribution in [3.8, 4) is 0 Å². The Balaban J connectivity index is 3.56. The molecule has 0 bridgehead atoms. The van der Waals surface area contributed by atoms with Crippen LogP contribution in [0, 0.1) is 5.92 Å². The number of unbranched alkanes of at least 4 members (excludes halogenated alkanes) is 1. The van der Waals surface area contributed by atoms with E-state index in [1.54, 1.807) is 6.66 Å². The molecule has 14 heavy (non-hydrogen) atoms. The molecule has 1 atom stereocenters. The summed E-state index contributed by atoms with van der Waals surface area (Å²) in [6.07, 6.45) is 3.27. The molecule has 0 aliphatic rings. The predicted octanol–water partition coefficient (Wildman–Crippen LogP) is 4.41. The third-order valence-electron chi connectivity index (χ3n) is 1.84. The average molecular weight is 238 g/mol. The Bertz CT molecular complexity index is 183. The summed E-state index contributed by atoms with van der Waals surface area (Å²) in [6, 6.07) is 0. The van der Waals surface area contributed by atoms with Gasteiger partial charge < -0.3 is 4.52 Å². The van der Waals surface area contributed by atoms with E-state index in [0.29, 0.717) is 12.5 Å². The van der Waals surface area contributed by atoms with E-state index in [1.165, 1.54) is 11.4 Å². The Hall–Kier alpha value is 0.540. The largest absolute Gasteiger partial charge is 0.321 e. The van der Waals surface area contributed by atoms with Gasteiger partial charge in [0.25, 0.3) is 6.57 Å². The minimum atomic E-state index is -2.36. The Labute approximate surface area is 92.4 Å². The molecule has 0 radical (unpaired) electrons. The summed E-state index contributed by atoms with van der Waals surface area (Å²) in [5.41, 5.74) is 0. The molecule has 0 spiro atoms. The molecule has 0 aliphatic heterocycles. The highest BCUT2D eigenvalue weighted by Gasteiger charge is 2.15. The first-order chi connectivity index (χ1) is 6.48. The molecule has 1 unspecified atom stereocenters. The lowest BCUT2D eigenvalue weighted by molar-refractivity contribution is 0.300. The maximum Gasteiger partial charge on any atom is 0.254 e. The highest BCUT2D eigenvalue weighted by Crippen LogP contribution is 2.56. The van der Waals surface area contributed by atoms with Gasteiger partial charge in [-0.3, -0.25) is 4.57 Å². The van der Waals surface area contributed by atoms with E-state index in [0.717, 1.165) is 25.0 Å². The SMILES string of the molecule is CCCCSP(C)(=O)OCCC(C)C. The fourth-order valence-electron chi connectivity index (χ4n) is 0.866. The van der Waals surface area contributed by atoms with Gasteiger partial charge in [-0.2, -0.15) is 0 Å². The van der Waals surface area contributed by atoms with Crippen molar-refractivity contribution in [1.82, 2.24) is 0 Å². The maximum atomic E-state index is 11.8. The minimum absolute atomic E-state index is 0.621. The van der Waals surface area contributed by atoms with Gasteiger partial charge in [0.15, 0.2) is 0 Å². The molecule has 2 nitrogen and oxygen atoms in total. The van der Waals surface area contributed by atoms with Crippen LogP contribution in [0.4, 0.5) is 0 Å². The fraction of sp³-hybridized carbons (Fsp3) is 1.00. The van der Waals surface area contributed by atoms with Gasteiger partial charge in [0.05, 0.1) is 6.61 Å². The van der Waals surface area contributed by atoms with Crippen molar-refractivity contribution < 1.29 is 9.09 Å². The van der Waals surface area contributed by atoms with Crippen LogP contribution < -0.4 is 0 Å². The van der Waals surface area contributed by atoms with Crippen molar-refractivity contribution >= 4 is 18.0 Å². The van der Waals surface area contributed by atoms with Gasteiger partial charge in [-0.15, -0.1) is 0 Å². The zero-order valence-electron chi connectivity index (χ0n) is 9.78. The topological polar surface area (TPSA) is 26.3 Å². The lowest BCUT2D eigenvalue weighted by atomic mass is 10.2. The van der Waals surface area contributed by atoms with E-state index in [-0.39, 0.29) is 0 Å². The molecule has 4 heteroatoms. The second-order valence-electron chi connectivity index (χ2n) is 3.97. The van der Waals surface area contributed by atoms with E-state index in [1.807, 2.05) is 0 Å². The summed E-state index contributed by atoms with van der Waals surface area (Å²) in [5.74, 6) is 1.57. The molecule has 0 aromatic rings. The second kappa shape index (κ2) is 7.78. The van der Waals surface area contributed by atoms with Crippen molar-refractivity contribution in [3.63, 3.8) is 0 Å². The van der Waals surface area contributed by atoms with Crippen LogP contribution in [0.15, 0.2) is 0 Å². The summed E-state index contributed by atoms with van der Waals surface area (Å²) in [5, 5.41) is 0. The van der Waals surface area contributed by atoms with Crippen LogP contribution in [0.25, 0.3) is 0 Å². The Morgan fingerprint density at radius 2 is 2.07 bits per heavy atom. The molecule has 0 saturated heterocycles. The van der Waals surface area contributed by atoms with Crippen LogP contribution in [0.5, 0.6) is 0 Å². The van der Waals surface area contributed by atoms with E-state index in [9.17, 15) is 4.57 Å². The van der Waals surface area contributed by atoms with Gasteiger partial charge in [-0.25, -0.2) is 0 Å². The first-order valence-electron chi connectivity index (χ1n) is 5.34. The molecule has 86 valence electrons. The van der Waals surface area contributed by atoms with E-state index in [2.05, 4.69) is 20.8 Å². The predicted molar refractivity (Wildman–Crippen MR) is 66.3 cm³/mol. The van der Waals surface area contributed by atoms with Crippen LogP contribution in [0.2, 0.25) is 0 Å². The van der Waals surface area contributed by atoms with Crippen molar-refractivity contribution in [1.29, 1.82) is 0 Å². The van der Waals surface area contributed by atoms with Crippen LogP contribution in [0.1, 0.15) is 40.0 Å². The fourth-order valence-corrected chi connectivity index (χ4v) is 3.96. The molecule has 0 N–H and O–H groups in total. The van der Waals surface area contributed by atoms with Crippen molar-refractivity contribution in [2.75, 3.05) is 19.0 Å². The smallest absolute Gasteiger partial charge is 0.254 e. The second-order valence-corrected chi connectivity index (χ2v) is 9.21. The molecule has 0 saturated carbocycles. The summed E-state index contributed by atoms with van der Waals surface area (Å²) < 4.78 is 17.2. The number of rotatable bonds is 8. The van der Waals surface area contributed by atoms with E-state index in [4.69, 9.17) is 4.52 Å². The zero-order valence-corrected chi connectivity index (χ0v) is 11.5. The highest BCUT2D eigenvalue weighted by atomic mass is 32.7. The average Bonchev–Trinajstić information content (AvgIpc) is 2.03. The monoisotopic (exact) mass is 238 g/mol.